The standard InChI is InChI=1S/C13H19FN2/c1-15-13(8-5-9-16(2)10-13)11-6-3-4-7-12(11)14/h3-4,6-7,15H,5,8-10H2,1-2H3. The highest BCUT2D eigenvalue weighted by molar-refractivity contribution is 5.27. The zero-order valence-electron chi connectivity index (χ0n) is 9.96. The molecule has 1 saturated heterocycles. The molecular formula is C13H19FN2. The Morgan fingerprint density at radius 1 is 1.38 bits per heavy atom. The fourth-order valence-electron chi connectivity index (χ4n) is 2.68. The van der Waals surface area contributed by atoms with Gasteiger partial charge in [-0.15, -0.1) is 0 Å². The number of halogens is 1. The lowest BCUT2D eigenvalue weighted by atomic mass is 9.82. The average molecular weight is 222 g/mol. The van der Waals surface area contributed by atoms with Crippen LogP contribution in [0.1, 0.15) is 18.4 Å². The number of piperidine rings is 1. The summed E-state index contributed by atoms with van der Waals surface area (Å²) in [6.45, 7) is 1.96. The zero-order valence-corrected chi connectivity index (χ0v) is 9.96. The summed E-state index contributed by atoms with van der Waals surface area (Å²) < 4.78 is 13.9. The van der Waals surface area contributed by atoms with Crippen molar-refractivity contribution in [3.8, 4) is 0 Å². The zero-order chi connectivity index (χ0) is 11.6. The van der Waals surface area contributed by atoms with Crippen LogP contribution in [0.4, 0.5) is 4.39 Å². The lowest BCUT2D eigenvalue weighted by Crippen LogP contribution is -2.52. The van der Waals surface area contributed by atoms with Crippen molar-refractivity contribution in [2.24, 2.45) is 0 Å². The molecule has 1 aromatic carbocycles. The van der Waals surface area contributed by atoms with Gasteiger partial charge in [0.1, 0.15) is 5.82 Å². The van der Waals surface area contributed by atoms with Crippen molar-refractivity contribution in [1.82, 2.24) is 10.2 Å². The van der Waals surface area contributed by atoms with Crippen LogP contribution in [0.15, 0.2) is 24.3 Å². The molecule has 0 aliphatic carbocycles. The third-order valence-corrected chi connectivity index (χ3v) is 3.55. The monoisotopic (exact) mass is 222 g/mol. The van der Waals surface area contributed by atoms with E-state index in [9.17, 15) is 4.39 Å². The van der Waals surface area contributed by atoms with E-state index in [0.717, 1.165) is 31.5 Å². The molecule has 1 aliphatic rings. The van der Waals surface area contributed by atoms with Gasteiger partial charge in [0.05, 0.1) is 5.54 Å². The van der Waals surface area contributed by atoms with Gasteiger partial charge >= 0.3 is 0 Å². The van der Waals surface area contributed by atoms with Crippen LogP contribution >= 0.6 is 0 Å². The first-order valence-electron chi connectivity index (χ1n) is 5.80. The molecule has 0 bridgehead atoms. The maximum absolute atomic E-state index is 13.9. The smallest absolute Gasteiger partial charge is 0.128 e. The van der Waals surface area contributed by atoms with Gasteiger partial charge in [-0.25, -0.2) is 4.39 Å². The lowest BCUT2D eigenvalue weighted by Gasteiger charge is -2.42. The van der Waals surface area contributed by atoms with Gasteiger partial charge in [0.2, 0.25) is 0 Å². The second kappa shape index (κ2) is 4.52. The number of hydrogen-bond donors (Lipinski definition) is 1. The van der Waals surface area contributed by atoms with Crippen LogP contribution in [0.25, 0.3) is 0 Å². The second-order valence-electron chi connectivity index (χ2n) is 4.65. The molecule has 2 nitrogen and oxygen atoms in total. The summed E-state index contributed by atoms with van der Waals surface area (Å²) in [6.07, 6.45) is 2.10. The predicted octanol–water partition coefficient (Wildman–Crippen LogP) is 1.97. The molecule has 1 aliphatic heterocycles. The Morgan fingerprint density at radius 2 is 2.12 bits per heavy atom. The van der Waals surface area contributed by atoms with Crippen LogP contribution in [0.3, 0.4) is 0 Å². The molecule has 1 unspecified atom stereocenters. The molecule has 0 spiro atoms. The van der Waals surface area contributed by atoms with E-state index in [-0.39, 0.29) is 11.4 Å². The van der Waals surface area contributed by atoms with Crippen LogP contribution in [0, 0.1) is 5.82 Å². The maximum Gasteiger partial charge on any atom is 0.128 e. The number of rotatable bonds is 2. The first-order valence-corrected chi connectivity index (χ1v) is 5.80. The quantitative estimate of drug-likeness (QED) is 0.823. The van der Waals surface area contributed by atoms with Crippen LogP contribution in [0.5, 0.6) is 0 Å². The van der Waals surface area contributed by atoms with Gasteiger partial charge in [-0.3, -0.25) is 0 Å². The lowest BCUT2D eigenvalue weighted by molar-refractivity contribution is 0.148. The number of nitrogens with one attached hydrogen (secondary N) is 1. The molecule has 1 aromatic rings. The third kappa shape index (κ3) is 1.97. The summed E-state index contributed by atoms with van der Waals surface area (Å²) in [6, 6.07) is 7.09. The van der Waals surface area contributed by atoms with Gasteiger partial charge in [0, 0.05) is 12.1 Å². The molecule has 88 valence electrons. The van der Waals surface area contributed by atoms with Crippen molar-refractivity contribution < 1.29 is 4.39 Å². The molecule has 0 radical (unpaired) electrons. The van der Waals surface area contributed by atoms with Crippen molar-refractivity contribution in [3.63, 3.8) is 0 Å². The maximum atomic E-state index is 13.9. The molecule has 0 aromatic heterocycles. The Bertz CT molecular complexity index is 367. The Balaban J connectivity index is 2.37. The van der Waals surface area contributed by atoms with Crippen molar-refractivity contribution in [2.45, 2.75) is 18.4 Å². The van der Waals surface area contributed by atoms with Crippen LogP contribution < -0.4 is 5.32 Å². The second-order valence-corrected chi connectivity index (χ2v) is 4.65. The van der Waals surface area contributed by atoms with Crippen molar-refractivity contribution in [2.75, 3.05) is 27.2 Å². The number of likely N-dealkylation sites (N-methyl/N-ethyl adjacent to an activating group) is 2. The molecular weight excluding hydrogens is 203 g/mol. The molecule has 0 saturated carbocycles. The number of hydrogen-bond acceptors (Lipinski definition) is 2. The Hall–Kier alpha value is -0.930. The van der Waals surface area contributed by atoms with Gasteiger partial charge in [0.25, 0.3) is 0 Å². The van der Waals surface area contributed by atoms with Crippen LogP contribution in [0.2, 0.25) is 0 Å². The van der Waals surface area contributed by atoms with Crippen LogP contribution in [-0.2, 0) is 5.54 Å². The van der Waals surface area contributed by atoms with Gasteiger partial charge in [-0.2, -0.15) is 0 Å². The van der Waals surface area contributed by atoms with E-state index in [1.807, 2.05) is 19.2 Å². The summed E-state index contributed by atoms with van der Waals surface area (Å²) in [5, 5.41) is 3.32. The minimum Gasteiger partial charge on any atom is -0.309 e. The van der Waals surface area contributed by atoms with Crippen molar-refractivity contribution in [1.29, 1.82) is 0 Å². The third-order valence-electron chi connectivity index (χ3n) is 3.55. The molecule has 1 heterocycles. The van der Waals surface area contributed by atoms with E-state index in [4.69, 9.17) is 0 Å². The first-order chi connectivity index (χ1) is 7.68. The van der Waals surface area contributed by atoms with Crippen molar-refractivity contribution >= 4 is 0 Å². The fourth-order valence-corrected chi connectivity index (χ4v) is 2.68. The van der Waals surface area contributed by atoms with Gasteiger partial charge in [-0.1, -0.05) is 18.2 Å². The van der Waals surface area contributed by atoms with Crippen molar-refractivity contribution in [3.05, 3.63) is 35.6 Å². The predicted molar refractivity (Wildman–Crippen MR) is 63.9 cm³/mol. The minimum absolute atomic E-state index is 0.104. The molecule has 1 N–H and O–H groups in total. The number of likely N-dealkylation sites (tertiary alicyclic amines) is 1. The number of benzene rings is 1. The summed E-state index contributed by atoms with van der Waals surface area (Å²) in [4.78, 5) is 2.26. The highest BCUT2D eigenvalue weighted by Crippen LogP contribution is 2.32. The average Bonchev–Trinajstić information content (AvgIpc) is 2.29. The largest absolute Gasteiger partial charge is 0.309 e. The van der Waals surface area contributed by atoms with Gasteiger partial charge < -0.3 is 10.2 Å². The molecule has 3 heteroatoms. The highest BCUT2D eigenvalue weighted by atomic mass is 19.1. The Morgan fingerprint density at radius 3 is 2.75 bits per heavy atom. The molecule has 16 heavy (non-hydrogen) atoms. The van der Waals surface area contributed by atoms with E-state index >= 15 is 0 Å². The summed E-state index contributed by atoms with van der Waals surface area (Å²) >= 11 is 0. The van der Waals surface area contributed by atoms with Crippen LogP contribution in [-0.4, -0.2) is 32.1 Å². The normalized spacial score (nSPS) is 26.9. The fraction of sp³-hybridized carbons (Fsp3) is 0.538. The Kier molecular flexibility index (Phi) is 3.26. The molecule has 1 fully saturated rings. The van der Waals surface area contributed by atoms with E-state index in [1.54, 1.807) is 12.1 Å². The first kappa shape index (κ1) is 11.6. The van der Waals surface area contributed by atoms with Gasteiger partial charge in [0.15, 0.2) is 0 Å². The summed E-state index contributed by atoms with van der Waals surface area (Å²) in [7, 11) is 4.01. The molecule has 2 rings (SSSR count). The van der Waals surface area contributed by atoms with Gasteiger partial charge in [-0.05, 0) is 39.5 Å². The van der Waals surface area contributed by atoms with E-state index < -0.39 is 0 Å². The summed E-state index contributed by atoms with van der Waals surface area (Å²) in [5.41, 5.74) is 0.572. The molecule has 0 amide bonds. The molecule has 1 atom stereocenters. The SMILES string of the molecule is CNC1(c2ccccc2F)CCCN(C)C1. The summed E-state index contributed by atoms with van der Waals surface area (Å²) in [5.74, 6) is -0.104. The highest BCUT2D eigenvalue weighted by Gasteiger charge is 2.36. The Labute approximate surface area is 96.5 Å². The topological polar surface area (TPSA) is 15.3 Å². The van der Waals surface area contributed by atoms with E-state index in [2.05, 4.69) is 17.3 Å². The number of nitrogens with zero attached hydrogens (tertiary/aromatic N) is 1. The van der Waals surface area contributed by atoms with E-state index in [1.165, 1.54) is 0 Å². The minimum atomic E-state index is -0.224. The van der Waals surface area contributed by atoms with E-state index in [0.29, 0.717) is 0 Å².